The van der Waals surface area contributed by atoms with Gasteiger partial charge in [0.2, 0.25) is 0 Å². The van der Waals surface area contributed by atoms with Crippen molar-refractivity contribution < 1.29 is 8.42 Å². The normalized spacial score (nSPS) is 25.3. The minimum absolute atomic E-state index is 0.436. The molecule has 2 aromatic carbocycles. The molecule has 1 aliphatic heterocycles. The van der Waals surface area contributed by atoms with Crippen molar-refractivity contribution >= 4 is 9.84 Å². The molecular weight excluding hydrogens is 366 g/mol. The van der Waals surface area contributed by atoms with Crippen molar-refractivity contribution in [3.8, 4) is 0 Å². The quantitative estimate of drug-likeness (QED) is 0.667. The van der Waals surface area contributed by atoms with Crippen LogP contribution in [0.2, 0.25) is 0 Å². The number of benzene rings is 2. The Bertz CT molecular complexity index is 893. The Morgan fingerprint density at radius 1 is 0.964 bits per heavy atom. The molecule has 3 nitrogen and oxygen atoms in total. The van der Waals surface area contributed by atoms with Crippen molar-refractivity contribution in [2.24, 2.45) is 5.92 Å². The van der Waals surface area contributed by atoms with Crippen molar-refractivity contribution in [1.29, 1.82) is 0 Å². The lowest BCUT2D eigenvalue weighted by molar-refractivity contribution is 0.194. The maximum atomic E-state index is 13.0. The second-order valence-electron chi connectivity index (χ2n) is 9.08. The summed E-state index contributed by atoms with van der Waals surface area (Å²) < 4.78 is 25.3. The number of hydrogen-bond acceptors (Lipinski definition) is 3. The molecule has 4 heteroatoms. The third-order valence-corrected chi connectivity index (χ3v) is 9.44. The van der Waals surface area contributed by atoms with E-state index in [1.165, 1.54) is 18.4 Å². The van der Waals surface area contributed by atoms with Crippen molar-refractivity contribution in [2.45, 2.75) is 61.1 Å². The van der Waals surface area contributed by atoms with Gasteiger partial charge in [0.25, 0.3) is 0 Å². The van der Waals surface area contributed by atoms with Gasteiger partial charge in [0.15, 0.2) is 9.84 Å². The predicted octanol–water partition coefficient (Wildman–Crippen LogP) is 4.90. The molecule has 0 spiro atoms. The van der Waals surface area contributed by atoms with E-state index >= 15 is 0 Å². The van der Waals surface area contributed by atoms with Crippen LogP contribution in [0.1, 0.15) is 51.0 Å². The lowest BCUT2D eigenvalue weighted by atomic mass is 9.87. The van der Waals surface area contributed by atoms with Crippen molar-refractivity contribution in [2.75, 3.05) is 13.1 Å². The molecule has 1 aliphatic carbocycles. The number of fused-ring (bicyclic) bond motifs is 2. The lowest BCUT2D eigenvalue weighted by Crippen LogP contribution is -2.37. The maximum absolute atomic E-state index is 13.0. The number of likely N-dealkylation sites (tertiary alicyclic amines) is 1. The minimum atomic E-state index is -3.31. The zero-order valence-corrected chi connectivity index (χ0v) is 17.7. The second-order valence-corrected chi connectivity index (χ2v) is 11.7. The highest BCUT2D eigenvalue weighted by atomic mass is 32.2. The van der Waals surface area contributed by atoms with E-state index in [1.807, 2.05) is 19.9 Å². The van der Waals surface area contributed by atoms with E-state index < -0.39 is 14.6 Å². The largest absolute Gasteiger partial charge is 0.300 e. The molecule has 2 fully saturated rings. The summed E-state index contributed by atoms with van der Waals surface area (Å²) in [6.07, 6.45) is 4.17. The zero-order chi connectivity index (χ0) is 19.8. The van der Waals surface area contributed by atoms with Crippen LogP contribution in [-0.2, 0) is 9.84 Å². The van der Waals surface area contributed by atoms with Crippen LogP contribution >= 0.6 is 0 Å². The lowest BCUT2D eigenvalue weighted by Gasteiger charge is -2.33. The third-order valence-electron chi connectivity index (χ3n) is 6.89. The molecule has 2 bridgehead atoms. The van der Waals surface area contributed by atoms with Crippen LogP contribution < -0.4 is 0 Å². The van der Waals surface area contributed by atoms with Gasteiger partial charge in [-0.3, -0.25) is 0 Å². The van der Waals surface area contributed by atoms with Crippen LogP contribution in [0.4, 0.5) is 0 Å². The van der Waals surface area contributed by atoms with E-state index in [9.17, 15) is 8.42 Å². The Labute approximate surface area is 169 Å². The molecule has 28 heavy (non-hydrogen) atoms. The molecular formula is C24H31NO2S. The standard InChI is InChI=1S/C24H31NO2S/c1-24(2,28(26,27)22-12-7-4-8-13-22)14-9-15-25-18-20-16-21(25)17-23(20)19-10-5-3-6-11-19/h3-8,10-13,20-21,23H,9,14-18H2,1-2H3/t20-,21?,23-/m0/s1. The molecule has 2 aromatic rings. The highest BCUT2D eigenvalue weighted by molar-refractivity contribution is 7.92. The Hall–Kier alpha value is -1.65. The monoisotopic (exact) mass is 397 g/mol. The Kier molecular flexibility index (Phi) is 5.36. The van der Waals surface area contributed by atoms with E-state index in [0.29, 0.717) is 23.3 Å². The number of hydrogen-bond donors (Lipinski definition) is 0. The molecule has 1 unspecified atom stereocenters. The summed E-state index contributed by atoms with van der Waals surface area (Å²) in [5.41, 5.74) is 1.49. The summed E-state index contributed by atoms with van der Waals surface area (Å²) in [5.74, 6) is 1.46. The third kappa shape index (κ3) is 3.65. The van der Waals surface area contributed by atoms with E-state index in [0.717, 1.165) is 25.4 Å². The van der Waals surface area contributed by atoms with E-state index in [4.69, 9.17) is 0 Å². The highest BCUT2D eigenvalue weighted by Crippen LogP contribution is 2.47. The second kappa shape index (κ2) is 7.64. The fraction of sp³-hybridized carbons (Fsp3) is 0.500. The van der Waals surface area contributed by atoms with Gasteiger partial charge in [0, 0.05) is 12.6 Å². The van der Waals surface area contributed by atoms with Crippen LogP contribution in [0.3, 0.4) is 0 Å². The van der Waals surface area contributed by atoms with Gasteiger partial charge < -0.3 is 4.90 Å². The Balaban J connectivity index is 1.32. The van der Waals surface area contributed by atoms with Gasteiger partial charge in [0.05, 0.1) is 9.64 Å². The highest BCUT2D eigenvalue weighted by Gasteiger charge is 2.45. The molecule has 1 heterocycles. The molecule has 1 saturated heterocycles. The molecule has 0 radical (unpaired) electrons. The van der Waals surface area contributed by atoms with E-state index in [1.54, 1.807) is 24.3 Å². The fourth-order valence-electron chi connectivity index (χ4n) is 5.19. The first-order valence-electron chi connectivity index (χ1n) is 10.5. The number of rotatable bonds is 7. The van der Waals surface area contributed by atoms with Gasteiger partial charge in [-0.15, -0.1) is 0 Å². The molecule has 0 N–H and O–H groups in total. The summed E-state index contributed by atoms with van der Waals surface area (Å²) in [5, 5.41) is 0. The summed E-state index contributed by atoms with van der Waals surface area (Å²) >= 11 is 0. The predicted molar refractivity (Wildman–Crippen MR) is 114 cm³/mol. The van der Waals surface area contributed by atoms with Crippen LogP contribution in [0.5, 0.6) is 0 Å². The van der Waals surface area contributed by atoms with Crippen LogP contribution in [-0.4, -0.2) is 37.2 Å². The first-order valence-corrected chi connectivity index (χ1v) is 12.0. The fourth-order valence-corrected chi connectivity index (χ4v) is 6.76. The van der Waals surface area contributed by atoms with Crippen LogP contribution in [0, 0.1) is 5.92 Å². The summed E-state index contributed by atoms with van der Waals surface area (Å²) in [7, 11) is -3.31. The summed E-state index contributed by atoms with van der Waals surface area (Å²) in [6.45, 7) is 5.92. The minimum Gasteiger partial charge on any atom is -0.300 e. The summed E-state index contributed by atoms with van der Waals surface area (Å²) in [4.78, 5) is 3.04. The van der Waals surface area contributed by atoms with Gasteiger partial charge in [-0.2, -0.15) is 0 Å². The Morgan fingerprint density at radius 2 is 1.61 bits per heavy atom. The average Bonchev–Trinajstić information content (AvgIpc) is 3.30. The smallest absolute Gasteiger partial charge is 0.183 e. The first-order chi connectivity index (χ1) is 13.4. The molecule has 0 aromatic heterocycles. The van der Waals surface area contributed by atoms with Crippen LogP contribution in [0.25, 0.3) is 0 Å². The molecule has 0 amide bonds. The molecule has 150 valence electrons. The summed E-state index contributed by atoms with van der Waals surface area (Å²) in [6, 6.07) is 20.5. The molecule has 4 rings (SSSR count). The average molecular weight is 398 g/mol. The van der Waals surface area contributed by atoms with Crippen LogP contribution in [0.15, 0.2) is 65.6 Å². The van der Waals surface area contributed by atoms with Crippen molar-refractivity contribution in [3.63, 3.8) is 0 Å². The maximum Gasteiger partial charge on any atom is 0.183 e. The SMILES string of the molecule is CC(C)(CCCN1C[C@@H]2CC1C[C@H]2c1ccccc1)S(=O)(=O)c1ccccc1. The Morgan fingerprint density at radius 3 is 2.21 bits per heavy atom. The van der Waals surface area contributed by atoms with Crippen molar-refractivity contribution in [3.05, 3.63) is 66.2 Å². The topological polar surface area (TPSA) is 37.4 Å². The van der Waals surface area contributed by atoms with Gasteiger partial charge in [-0.1, -0.05) is 48.5 Å². The molecule has 1 saturated carbocycles. The zero-order valence-electron chi connectivity index (χ0n) is 16.9. The number of sulfone groups is 1. The van der Waals surface area contributed by atoms with Crippen molar-refractivity contribution in [1.82, 2.24) is 4.90 Å². The molecule has 3 atom stereocenters. The van der Waals surface area contributed by atoms with Gasteiger partial charge in [-0.25, -0.2) is 8.42 Å². The van der Waals surface area contributed by atoms with Gasteiger partial charge in [0.1, 0.15) is 0 Å². The van der Waals surface area contributed by atoms with Gasteiger partial charge in [-0.05, 0) is 75.6 Å². The number of nitrogens with zero attached hydrogens (tertiary/aromatic N) is 1. The number of piperidine rings is 1. The first kappa shape index (κ1) is 19.7. The molecule has 2 aliphatic rings. The van der Waals surface area contributed by atoms with Gasteiger partial charge >= 0.3 is 0 Å². The van der Waals surface area contributed by atoms with E-state index in [-0.39, 0.29) is 0 Å². The van der Waals surface area contributed by atoms with E-state index in [2.05, 4.69) is 35.2 Å².